The molecule has 2 heterocycles. The van der Waals surface area contributed by atoms with Gasteiger partial charge in [-0.2, -0.15) is 18.2 Å². The largest absolute Gasteiger partial charge is 0.416 e. The van der Waals surface area contributed by atoms with Crippen molar-refractivity contribution in [2.24, 2.45) is 0 Å². The number of aryl methyl sites for hydroxylation is 1. The lowest BCUT2D eigenvalue weighted by Gasteiger charge is -2.37. The van der Waals surface area contributed by atoms with E-state index in [2.05, 4.69) is 20.6 Å². The number of carbonyl (C=O) groups is 1. The van der Waals surface area contributed by atoms with Crippen LogP contribution < -0.4 is 15.5 Å². The first kappa shape index (κ1) is 27.2. The molecule has 1 aromatic heterocycles. The highest BCUT2D eigenvalue weighted by Gasteiger charge is 2.34. The molecule has 2 aliphatic rings. The van der Waals surface area contributed by atoms with Gasteiger partial charge < -0.3 is 15.5 Å². The first-order valence-corrected chi connectivity index (χ1v) is 9.49. The Kier molecular flexibility index (Phi) is 8.28. The predicted molar refractivity (Wildman–Crippen MR) is 124 cm³/mol. The molecule has 1 saturated carbocycles. The molecule has 1 aromatic carbocycles. The van der Waals surface area contributed by atoms with E-state index in [1.165, 1.54) is 0 Å². The molecule has 0 unspecified atom stereocenters. The molecule has 6 nitrogen and oxygen atoms in total. The zero-order valence-electron chi connectivity index (χ0n) is 16.3. The van der Waals surface area contributed by atoms with Gasteiger partial charge in [0.25, 0.3) is 0 Å². The number of alkyl halides is 3. The summed E-state index contributed by atoms with van der Waals surface area (Å²) in [4.78, 5) is 22.8. The predicted octanol–water partition coefficient (Wildman–Crippen LogP) is 5.85. The maximum atomic E-state index is 12.7. The smallest absolute Gasteiger partial charge is 0.351 e. The molecular weight excluding hydrogens is 419 g/mol. The Hall–Kier alpha value is -2.84. The molecule has 0 bridgehead atoms. The minimum absolute atomic E-state index is 0. The summed E-state index contributed by atoms with van der Waals surface area (Å²) in [5.74, 6) is 1.29. The van der Waals surface area contributed by atoms with Crippen molar-refractivity contribution in [3.63, 3.8) is 0 Å². The van der Waals surface area contributed by atoms with E-state index in [4.69, 9.17) is 0 Å². The number of nitrogens with zero attached hydrogens (tertiary/aromatic N) is 3. The Balaban J connectivity index is 0.00000171. The van der Waals surface area contributed by atoms with Crippen molar-refractivity contribution in [2.45, 2.75) is 73.1 Å². The maximum absolute atomic E-state index is 12.7. The number of hydrogen-bond acceptors (Lipinski definition) is 5. The summed E-state index contributed by atoms with van der Waals surface area (Å²) < 4.78 is 38.1. The van der Waals surface area contributed by atoms with Gasteiger partial charge in [-0.3, -0.25) is 4.79 Å². The molecule has 2 aromatic rings. The molecular formula is C23H34F3N5O. The minimum Gasteiger partial charge on any atom is -0.351 e. The third-order valence-electron chi connectivity index (χ3n) is 5.79. The van der Waals surface area contributed by atoms with Crippen LogP contribution in [0.3, 0.4) is 0 Å². The highest BCUT2D eigenvalue weighted by Crippen LogP contribution is 2.40. The van der Waals surface area contributed by atoms with Crippen LogP contribution in [0, 0.1) is 6.92 Å². The van der Waals surface area contributed by atoms with Crippen molar-refractivity contribution in [2.75, 3.05) is 22.6 Å². The second-order valence-electron chi connectivity index (χ2n) is 7.74. The summed E-state index contributed by atoms with van der Waals surface area (Å²) in [6.07, 6.45) is -2.71. The standard InChI is InChI=1S/C20H22F3N5O.3CH4/c1-10-16-17(28(3)11(2)18(29)26-16)27-19(24-10)25-15-8-13(9-15)12-4-6-14(7-5-12)20(21,22)23;;;/h4-7,11,13,15H,8-9H2,1-3H3,(H,26,29)(H,24,25,27);3*1H4/t11-,13?,15?;;;/m0.../s1. The zero-order valence-corrected chi connectivity index (χ0v) is 16.3. The average molecular weight is 454 g/mol. The number of carbonyl (C=O) groups excluding carboxylic acids is 1. The molecule has 1 fully saturated rings. The molecule has 0 saturated heterocycles. The van der Waals surface area contributed by atoms with E-state index < -0.39 is 11.7 Å². The lowest BCUT2D eigenvalue weighted by molar-refractivity contribution is -0.137. The van der Waals surface area contributed by atoms with E-state index in [0.29, 0.717) is 23.1 Å². The van der Waals surface area contributed by atoms with Gasteiger partial charge in [0.1, 0.15) is 11.7 Å². The SMILES string of the molecule is C.C.C.Cc1nc(NC2CC(c3ccc(C(F)(F)F)cc3)C2)nc2c1NC(=O)[C@H](C)N2C. The van der Waals surface area contributed by atoms with Crippen LogP contribution in [0.2, 0.25) is 0 Å². The lowest BCUT2D eigenvalue weighted by Crippen LogP contribution is -2.45. The Bertz CT molecular complexity index is 940. The van der Waals surface area contributed by atoms with Gasteiger partial charge in [-0.1, -0.05) is 34.4 Å². The van der Waals surface area contributed by atoms with Gasteiger partial charge in [-0.15, -0.1) is 0 Å². The number of aromatic nitrogens is 2. The second-order valence-corrected chi connectivity index (χ2v) is 7.74. The van der Waals surface area contributed by atoms with Crippen LogP contribution in [-0.2, 0) is 11.0 Å². The van der Waals surface area contributed by atoms with Crippen LogP contribution in [0.25, 0.3) is 0 Å². The highest BCUT2D eigenvalue weighted by atomic mass is 19.4. The molecule has 0 radical (unpaired) electrons. The number of nitrogens with one attached hydrogen (secondary N) is 2. The van der Waals surface area contributed by atoms with Gasteiger partial charge in [-0.25, -0.2) is 4.98 Å². The molecule has 178 valence electrons. The molecule has 32 heavy (non-hydrogen) atoms. The maximum Gasteiger partial charge on any atom is 0.416 e. The number of likely N-dealkylation sites (N-methyl/N-ethyl adjacent to an activating group) is 1. The van der Waals surface area contributed by atoms with Crippen molar-refractivity contribution in [3.8, 4) is 0 Å². The Morgan fingerprint density at radius 1 is 1.09 bits per heavy atom. The van der Waals surface area contributed by atoms with Gasteiger partial charge in [0.15, 0.2) is 5.82 Å². The molecule has 0 spiro atoms. The average Bonchev–Trinajstić information content (AvgIpc) is 2.63. The summed E-state index contributed by atoms with van der Waals surface area (Å²) in [7, 11) is 1.82. The minimum atomic E-state index is -4.31. The van der Waals surface area contributed by atoms with Gasteiger partial charge in [0.05, 0.1) is 11.3 Å². The molecule has 1 atom stereocenters. The highest BCUT2D eigenvalue weighted by molar-refractivity contribution is 6.03. The van der Waals surface area contributed by atoms with Gasteiger partial charge in [0.2, 0.25) is 11.9 Å². The number of rotatable bonds is 3. The fourth-order valence-corrected chi connectivity index (χ4v) is 3.75. The summed E-state index contributed by atoms with van der Waals surface area (Å²) >= 11 is 0. The molecule has 2 N–H and O–H groups in total. The van der Waals surface area contributed by atoms with E-state index in [9.17, 15) is 18.0 Å². The van der Waals surface area contributed by atoms with E-state index in [1.807, 2.05) is 25.8 Å². The summed E-state index contributed by atoms with van der Waals surface area (Å²) in [5, 5.41) is 6.16. The Labute approximate surface area is 188 Å². The van der Waals surface area contributed by atoms with Crippen LogP contribution in [0.5, 0.6) is 0 Å². The molecule has 1 aliphatic heterocycles. The Morgan fingerprint density at radius 2 is 1.69 bits per heavy atom. The topological polar surface area (TPSA) is 70.1 Å². The van der Waals surface area contributed by atoms with Gasteiger partial charge in [0, 0.05) is 13.1 Å². The number of amides is 1. The van der Waals surface area contributed by atoms with E-state index >= 15 is 0 Å². The van der Waals surface area contributed by atoms with Crippen LogP contribution >= 0.6 is 0 Å². The third kappa shape index (κ3) is 4.97. The molecule has 1 amide bonds. The van der Waals surface area contributed by atoms with Crippen molar-refractivity contribution in [1.29, 1.82) is 0 Å². The van der Waals surface area contributed by atoms with Crippen molar-refractivity contribution >= 4 is 23.4 Å². The number of anilines is 3. The normalized spacial score (nSPS) is 21.6. The summed E-state index contributed by atoms with van der Waals surface area (Å²) in [6.45, 7) is 3.63. The van der Waals surface area contributed by atoms with Crippen LogP contribution in [-0.4, -0.2) is 35.0 Å². The van der Waals surface area contributed by atoms with Crippen molar-refractivity contribution in [1.82, 2.24) is 9.97 Å². The quantitative estimate of drug-likeness (QED) is 0.610. The molecule has 1 aliphatic carbocycles. The van der Waals surface area contributed by atoms with Crippen molar-refractivity contribution < 1.29 is 18.0 Å². The fraction of sp³-hybridized carbons (Fsp3) is 0.522. The zero-order chi connectivity index (χ0) is 20.9. The first-order chi connectivity index (χ1) is 13.6. The van der Waals surface area contributed by atoms with Crippen LogP contribution in [0.15, 0.2) is 24.3 Å². The molecule has 4 rings (SSSR count). The van der Waals surface area contributed by atoms with Gasteiger partial charge in [-0.05, 0) is 50.3 Å². The third-order valence-corrected chi connectivity index (χ3v) is 5.79. The van der Waals surface area contributed by atoms with E-state index in [1.54, 1.807) is 12.1 Å². The summed E-state index contributed by atoms with van der Waals surface area (Å²) in [6, 6.07) is 5.22. The fourth-order valence-electron chi connectivity index (χ4n) is 3.75. The lowest BCUT2D eigenvalue weighted by atomic mass is 9.76. The Morgan fingerprint density at radius 3 is 2.25 bits per heavy atom. The number of halogens is 3. The number of fused-ring (bicyclic) bond motifs is 1. The molecule has 9 heteroatoms. The van der Waals surface area contributed by atoms with E-state index in [0.717, 1.165) is 30.5 Å². The van der Waals surface area contributed by atoms with Gasteiger partial charge >= 0.3 is 6.18 Å². The monoisotopic (exact) mass is 453 g/mol. The number of hydrogen-bond donors (Lipinski definition) is 2. The van der Waals surface area contributed by atoms with Crippen molar-refractivity contribution in [3.05, 3.63) is 41.1 Å². The second kappa shape index (κ2) is 9.75. The van der Waals surface area contributed by atoms with Crippen LogP contribution in [0.4, 0.5) is 30.6 Å². The van der Waals surface area contributed by atoms with Crippen LogP contribution in [0.1, 0.15) is 64.8 Å². The van der Waals surface area contributed by atoms with E-state index in [-0.39, 0.29) is 46.2 Å². The number of benzene rings is 1. The summed E-state index contributed by atoms with van der Waals surface area (Å²) in [5.41, 5.74) is 1.59. The first-order valence-electron chi connectivity index (χ1n) is 9.49.